The standard InChI is InChI=1S/C15H22BrNO2/c1-17-11-12-6-7-15(14(16)10-12)19-9-3-5-13-4-2-8-18-13/h6-7,10,13,17H,2-5,8-9,11H2,1H3. The minimum Gasteiger partial charge on any atom is -0.492 e. The van der Waals surface area contributed by atoms with Gasteiger partial charge in [-0.3, -0.25) is 0 Å². The van der Waals surface area contributed by atoms with Crippen molar-refractivity contribution in [1.29, 1.82) is 0 Å². The van der Waals surface area contributed by atoms with Crippen LogP contribution in [-0.4, -0.2) is 26.4 Å². The Morgan fingerprint density at radius 3 is 3.05 bits per heavy atom. The van der Waals surface area contributed by atoms with Gasteiger partial charge in [-0.2, -0.15) is 0 Å². The maximum Gasteiger partial charge on any atom is 0.133 e. The van der Waals surface area contributed by atoms with E-state index in [4.69, 9.17) is 9.47 Å². The van der Waals surface area contributed by atoms with Gasteiger partial charge < -0.3 is 14.8 Å². The summed E-state index contributed by atoms with van der Waals surface area (Å²) in [5, 5.41) is 3.14. The Balaban J connectivity index is 1.72. The van der Waals surface area contributed by atoms with Crippen molar-refractivity contribution in [3.8, 4) is 5.75 Å². The molecule has 106 valence electrons. The van der Waals surface area contributed by atoms with Crippen LogP contribution in [0, 0.1) is 0 Å². The molecule has 0 aromatic heterocycles. The topological polar surface area (TPSA) is 30.5 Å². The summed E-state index contributed by atoms with van der Waals surface area (Å²) in [6, 6.07) is 6.23. The predicted molar refractivity (Wildman–Crippen MR) is 80.6 cm³/mol. The minimum atomic E-state index is 0.463. The molecule has 1 saturated heterocycles. The normalized spacial score (nSPS) is 18.7. The first-order valence-corrected chi connectivity index (χ1v) is 7.76. The van der Waals surface area contributed by atoms with E-state index in [1.54, 1.807) is 0 Å². The lowest BCUT2D eigenvalue weighted by atomic mass is 10.1. The summed E-state index contributed by atoms with van der Waals surface area (Å²) in [6.45, 7) is 2.56. The van der Waals surface area contributed by atoms with E-state index in [-0.39, 0.29) is 0 Å². The van der Waals surface area contributed by atoms with Crippen LogP contribution in [0.3, 0.4) is 0 Å². The second kappa shape index (κ2) is 7.88. The fourth-order valence-corrected chi connectivity index (χ4v) is 2.88. The first-order valence-electron chi connectivity index (χ1n) is 6.97. The van der Waals surface area contributed by atoms with Crippen molar-refractivity contribution in [3.63, 3.8) is 0 Å². The third-order valence-corrected chi connectivity index (χ3v) is 3.95. The number of nitrogens with one attached hydrogen (secondary N) is 1. The van der Waals surface area contributed by atoms with Crippen LogP contribution in [0.2, 0.25) is 0 Å². The van der Waals surface area contributed by atoms with Crippen LogP contribution in [0.15, 0.2) is 22.7 Å². The van der Waals surface area contributed by atoms with Gasteiger partial charge in [0.25, 0.3) is 0 Å². The van der Waals surface area contributed by atoms with E-state index in [1.165, 1.54) is 18.4 Å². The average molecular weight is 328 g/mol. The second-order valence-electron chi connectivity index (χ2n) is 4.92. The lowest BCUT2D eigenvalue weighted by Crippen LogP contribution is -2.08. The Morgan fingerprint density at radius 1 is 1.47 bits per heavy atom. The molecule has 2 rings (SSSR count). The van der Waals surface area contributed by atoms with Crippen molar-refractivity contribution >= 4 is 15.9 Å². The van der Waals surface area contributed by atoms with Crippen LogP contribution in [0.1, 0.15) is 31.2 Å². The predicted octanol–water partition coefficient (Wildman–Crippen LogP) is 3.51. The number of hydrogen-bond acceptors (Lipinski definition) is 3. The molecule has 1 aliphatic heterocycles. The van der Waals surface area contributed by atoms with Crippen molar-refractivity contribution in [1.82, 2.24) is 5.32 Å². The summed E-state index contributed by atoms with van der Waals surface area (Å²) in [5.41, 5.74) is 1.25. The van der Waals surface area contributed by atoms with Crippen molar-refractivity contribution in [2.45, 2.75) is 38.3 Å². The van der Waals surface area contributed by atoms with Crippen LogP contribution in [-0.2, 0) is 11.3 Å². The Labute approximate surface area is 123 Å². The fourth-order valence-electron chi connectivity index (χ4n) is 2.34. The summed E-state index contributed by atoms with van der Waals surface area (Å²) in [6.07, 6.45) is 5.04. The van der Waals surface area contributed by atoms with E-state index >= 15 is 0 Å². The van der Waals surface area contributed by atoms with Gasteiger partial charge >= 0.3 is 0 Å². The highest BCUT2D eigenvalue weighted by Crippen LogP contribution is 2.26. The van der Waals surface area contributed by atoms with Crippen LogP contribution in [0.25, 0.3) is 0 Å². The molecule has 0 bridgehead atoms. The summed E-state index contributed by atoms with van der Waals surface area (Å²) in [5.74, 6) is 0.923. The molecule has 1 aliphatic rings. The van der Waals surface area contributed by atoms with Gasteiger partial charge in [0.05, 0.1) is 17.2 Å². The molecule has 19 heavy (non-hydrogen) atoms. The third-order valence-electron chi connectivity index (χ3n) is 3.33. The summed E-state index contributed by atoms with van der Waals surface area (Å²) < 4.78 is 12.4. The highest BCUT2D eigenvalue weighted by molar-refractivity contribution is 9.10. The highest BCUT2D eigenvalue weighted by atomic mass is 79.9. The van der Waals surface area contributed by atoms with E-state index in [0.29, 0.717) is 6.10 Å². The van der Waals surface area contributed by atoms with Gasteiger partial charge in [0.2, 0.25) is 0 Å². The Morgan fingerprint density at radius 2 is 2.37 bits per heavy atom. The maximum absolute atomic E-state index is 5.81. The molecule has 0 radical (unpaired) electrons. The van der Waals surface area contributed by atoms with Gasteiger partial charge in [-0.05, 0) is 66.4 Å². The molecular formula is C15H22BrNO2. The van der Waals surface area contributed by atoms with Gasteiger partial charge in [-0.15, -0.1) is 0 Å². The van der Waals surface area contributed by atoms with Gasteiger partial charge in [-0.1, -0.05) is 6.07 Å². The molecule has 1 atom stereocenters. The molecule has 1 aromatic rings. The Bertz CT molecular complexity index is 392. The molecule has 4 heteroatoms. The number of ether oxygens (including phenoxy) is 2. The van der Waals surface area contributed by atoms with Gasteiger partial charge in [-0.25, -0.2) is 0 Å². The lowest BCUT2D eigenvalue weighted by Gasteiger charge is -2.12. The van der Waals surface area contributed by atoms with Crippen molar-refractivity contribution in [2.24, 2.45) is 0 Å². The maximum atomic E-state index is 5.81. The molecule has 0 spiro atoms. The largest absolute Gasteiger partial charge is 0.492 e. The lowest BCUT2D eigenvalue weighted by molar-refractivity contribution is 0.0981. The Kier molecular flexibility index (Phi) is 6.14. The quantitative estimate of drug-likeness (QED) is 0.777. The van der Waals surface area contributed by atoms with Crippen molar-refractivity contribution < 1.29 is 9.47 Å². The first kappa shape index (κ1) is 14.8. The number of halogens is 1. The molecule has 1 unspecified atom stereocenters. The zero-order chi connectivity index (χ0) is 13.5. The SMILES string of the molecule is CNCc1ccc(OCCCC2CCCO2)c(Br)c1. The molecule has 3 nitrogen and oxygen atoms in total. The van der Waals surface area contributed by atoms with E-state index in [9.17, 15) is 0 Å². The molecule has 1 aromatic carbocycles. The van der Waals surface area contributed by atoms with Crippen LogP contribution < -0.4 is 10.1 Å². The zero-order valence-electron chi connectivity index (χ0n) is 11.5. The van der Waals surface area contributed by atoms with E-state index < -0.39 is 0 Å². The summed E-state index contributed by atoms with van der Waals surface area (Å²) in [7, 11) is 1.95. The highest BCUT2D eigenvalue weighted by Gasteiger charge is 2.14. The van der Waals surface area contributed by atoms with Crippen LogP contribution >= 0.6 is 15.9 Å². The summed E-state index contributed by atoms with van der Waals surface area (Å²) in [4.78, 5) is 0. The van der Waals surface area contributed by atoms with E-state index in [1.807, 2.05) is 13.1 Å². The first-order chi connectivity index (χ1) is 9.29. The van der Waals surface area contributed by atoms with Crippen molar-refractivity contribution in [2.75, 3.05) is 20.3 Å². The minimum absolute atomic E-state index is 0.463. The third kappa shape index (κ3) is 4.79. The van der Waals surface area contributed by atoms with Crippen LogP contribution in [0.5, 0.6) is 5.75 Å². The van der Waals surface area contributed by atoms with E-state index in [2.05, 4.69) is 33.4 Å². The second-order valence-corrected chi connectivity index (χ2v) is 5.78. The smallest absolute Gasteiger partial charge is 0.133 e. The van der Waals surface area contributed by atoms with Crippen molar-refractivity contribution in [3.05, 3.63) is 28.2 Å². The monoisotopic (exact) mass is 327 g/mol. The molecule has 0 amide bonds. The fraction of sp³-hybridized carbons (Fsp3) is 0.600. The number of rotatable bonds is 7. The average Bonchev–Trinajstić information content (AvgIpc) is 2.90. The Hall–Kier alpha value is -0.580. The van der Waals surface area contributed by atoms with Gasteiger partial charge in [0, 0.05) is 13.2 Å². The van der Waals surface area contributed by atoms with Gasteiger partial charge in [0.15, 0.2) is 0 Å². The zero-order valence-corrected chi connectivity index (χ0v) is 13.0. The molecule has 0 saturated carbocycles. The molecule has 1 N–H and O–H groups in total. The van der Waals surface area contributed by atoms with Crippen LogP contribution in [0.4, 0.5) is 0 Å². The number of hydrogen-bond donors (Lipinski definition) is 1. The molecule has 0 aliphatic carbocycles. The molecule has 1 heterocycles. The van der Waals surface area contributed by atoms with Gasteiger partial charge in [0.1, 0.15) is 5.75 Å². The molecular weight excluding hydrogens is 306 g/mol. The molecule has 1 fully saturated rings. The van der Waals surface area contributed by atoms with E-state index in [0.717, 1.165) is 42.8 Å². The summed E-state index contributed by atoms with van der Waals surface area (Å²) >= 11 is 3.56. The number of benzene rings is 1.